The predicted octanol–water partition coefficient (Wildman–Crippen LogP) is 0.725. The Labute approximate surface area is 85.2 Å². The van der Waals surface area contributed by atoms with E-state index in [1.807, 2.05) is 6.26 Å². The summed E-state index contributed by atoms with van der Waals surface area (Å²) in [4.78, 5) is 0. The molecular weight excluding hydrogens is 186 g/mol. The summed E-state index contributed by atoms with van der Waals surface area (Å²) in [6.45, 7) is 4.08. The van der Waals surface area contributed by atoms with E-state index < -0.39 is 0 Å². The molecular formula is C9H21NO2S. The van der Waals surface area contributed by atoms with Crippen molar-refractivity contribution in [1.82, 2.24) is 5.32 Å². The van der Waals surface area contributed by atoms with Gasteiger partial charge in [0.25, 0.3) is 0 Å². The molecule has 80 valence electrons. The summed E-state index contributed by atoms with van der Waals surface area (Å²) in [6, 6.07) is 0.358. The van der Waals surface area contributed by atoms with Crippen LogP contribution in [0, 0.1) is 0 Å². The first-order valence-electron chi connectivity index (χ1n) is 4.62. The first kappa shape index (κ1) is 13.2. The fourth-order valence-electron chi connectivity index (χ4n) is 1.11. The number of aliphatic hydroxyl groups is 1. The SMILES string of the molecule is COCCCNC(C)C(CO)SC. The zero-order chi connectivity index (χ0) is 10.1. The van der Waals surface area contributed by atoms with E-state index in [9.17, 15) is 0 Å². The van der Waals surface area contributed by atoms with Crippen LogP contribution in [0.4, 0.5) is 0 Å². The number of ether oxygens (including phenoxy) is 1. The summed E-state index contributed by atoms with van der Waals surface area (Å²) >= 11 is 1.70. The number of thioether (sulfide) groups is 1. The molecule has 2 atom stereocenters. The third-order valence-electron chi connectivity index (χ3n) is 2.03. The standard InChI is InChI=1S/C9H21NO2S/c1-8(9(7-11)13-3)10-5-4-6-12-2/h8-11H,4-7H2,1-3H3. The van der Waals surface area contributed by atoms with Crippen LogP contribution in [-0.4, -0.2) is 49.5 Å². The van der Waals surface area contributed by atoms with Crippen LogP contribution < -0.4 is 5.32 Å². The van der Waals surface area contributed by atoms with Crippen LogP contribution in [0.1, 0.15) is 13.3 Å². The fourth-order valence-corrected chi connectivity index (χ4v) is 1.77. The van der Waals surface area contributed by atoms with Gasteiger partial charge in [-0.25, -0.2) is 0 Å². The van der Waals surface area contributed by atoms with Crippen LogP contribution in [0.25, 0.3) is 0 Å². The van der Waals surface area contributed by atoms with E-state index in [-0.39, 0.29) is 6.61 Å². The highest BCUT2D eigenvalue weighted by Gasteiger charge is 2.13. The van der Waals surface area contributed by atoms with Crippen molar-refractivity contribution in [3.8, 4) is 0 Å². The summed E-state index contributed by atoms with van der Waals surface area (Å²) in [5, 5.41) is 12.7. The van der Waals surface area contributed by atoms with Gasteiger partial charge in [-0.1, -0.05) is 0 Å². The molecule has 2 unspecified atom stereocenters. The number of rotatable bonds is 8. The summed E-state index contributed by atoms with van der Waals surface area (Å²) in [7, 11) is 1.71. The van der Waals surface area contributed by atoms with Crippen molar-refractivity contribution in [3.05, 3.63) is 0 Å². The maximum Gasteiger partial charge on any atom is 0.0564 e. The van der Waals surface area contributed by atoms with Gasteiger partial charge >= 0.3 is 0 Å². The van der Waals surface area contributed by atoms with Gasteiger partial charge in [-0.05, 0) is 26.1 Å². The highest BCUT2D eigenvalue weighted by molar-refractivity contribution is 7.99. The molecule has 13 heavy (non-hydrogen) atoms. The van der Waals surface area contributed by atoms with Crippen molar-refractivity contribution in [3.63, 3.8) is 0 Å². The summed E-state index contributed by atoms with van der Waals surface area (Å²) < 4.78 is 4.94. The molecule has 0 aromatic carbocycles. The largest absolute Gasteiger partial charge is 0.395 e. The Morgan fingerprint density at radius 2 is 2.23 bits per heavy atom. The molecule has 0 fully saturated rings. The van der Waals surface area contributed by atoms with Gasteiger partial charge in [-0.15, -0.1) is 0 Å². The average molecular weight is 207 g/mol. The molecule has 0 bridgehead atoms. The second kappa shape index (κ2) is 8.81. The van der Waals surface area contributed by atoms with Crippen molar-refractivity contribution in [1.29, 1.82) is 0 Å². The van der Waals surface area contributed by atoms with Gasteiger partial charge in [0.1, 0.15) is 0 Å². The molecule has 2 N–H and O–H groups in total. The molecule has 3 nitrogen and oxygen atoms in total. The molecule has 0 aromatic rings. The Morgan fingerprint density at radius 3 is 2.69 bits per heavy atom. The number of methoxy groups -OCH3 is 1. The summed E-state index contributed by atoms with van der Waals surface area (Å²) in [5.41, 5.74) is 0. The van der Waals surface area contributed by atoms with Crippen molar-refractivity contribution in [2.24, 2.45) is 0 Å². The van der Waals surface area contributed by atoms with Crippen LogP contribution in [0.5, 0.6) is 0 Å². The lowest BCUT2D eigenvalue weighted by Gasteiger charge is -2.21. The second-order valence-electron chi connectivity index (χ2n) is 3.05. The first-order valence-corrected chi connectivity index (χ1v) is 5.91. The minimum absolute atomic E-state index is 0.236. The zero-order valence-electron chi connectivity index (χ0n) is 8.75. The molecule has 0 aliphatic rings. The van der Waals surface area contributed by atoms with Crippen LogP contribution >= 0.6 is 11.8 Å². The topological polar surface area (TPSA) is 41.5 Å². The number of nitrogens with one attached hydrogen (secondary N) is 1. The zero-order valence-corrected chi connectivity index (χ0v) is 9.56. The molecule has 0 aliphatic carbocycles. The van der Waals surface area contributed by atoms with Crippen molar-refractivity contribution >= 4 is 11.8 Å². The quantitative estimate of drug-likeness (QED) is 0.576. The molecule has 0 amide bonds. The van der Waals surface area contributed by atoms with Crippen LogP contribution in [0.15, 0.2) is 0 Å². The highest BCUT2D eigenvalue weighted by atomic mass is 32.2. The molecule has 0 heterocycles. The third kappa shape index (κ3) is 6.32. The van der Waals surface area contributed by atoms with Gasteiger partial charge in [0.2, 0.25) is 0 Å². The van der Waals surface area contributed by atoms with Gasteiger partial charge in [0, 0.05) is 25.0 Å². The molecule has 0 spiro atoms. The van der Waals surface area contributed by atoms with E-state index in [1.165, 1.54) is 0 Å². The third-order valence-corrected chi connectivity index (χ3v) is 3.19. The highest BCUT2D eigenvalue weighted by Crippen LogP contribution is 2.09. The van der Waals surface area contributed by atoms with E-state index in [0.29, 0.717) is 11.3 Å². The smallest absolute Gasteiger partial charge is 0.0564 e. The summed E-state index contributed by atoms with van der Waals surface area (Å²) in [5.74, 6) is 0. The molecule has 0 saturated heterocycles. The van der Waals surface area contributed by atoms with Gasteiger partial charge < -0.3 is 15.2 Å². The number of hydrogen-bond donors (Lipinski definition) is 2. The normalized spacial score (nSPS) is 15.7. The molecule has 0 saturated carbocycles. The van der Waals surface area contributed by atoms with Crippen LogP contribution in [0.3, 0.4) is 0 Å². The van der Waals surface area contributed by atoms with E-state index in [2.05, 4.69) is 12.2 Å². The first-order chi connectivity index (χ1) is 6.26. The van der Waals surface area contributed by atoms with Gasteiger partial charge in [-0.3, -0.25) is 0 Å². The lowest BCUT2D eigenvalue weighted by atomic mass is 10.2. The monoisotopic (exact) mass is 207 g/mol. The van der Waals surface area contributed by atoms with E-state index >= 15 is 0 Å². The van der Waals surface area contributed by atoms with E-state index in [4.69, 9.17) is 9.84 Å². The van der Waals surface area contributed by atoms with E-state index in [0.717, 1.165) is 19.6 Å². The van der Waals surface area contributed by atoms with Crippen LogP contribution in [-0.2, 0) is 4.74 Å². The second-order valence-corrected chi connectivity index (χ2v) is 4.12. The number of aliphatic hydroxyl groups excluding tert-OH is 1. The molecule has 0 rings (SSSR count). The van der Waals surface area contributed by atoms with Crippen molar-refractivity contribution in [2.45, 2.75) is 24.6 Å². The maximum atomic E-state index is 9.01. The molecule has 0 aromatic heterocycles. The van der Waals surface area contributed by atoms with Gasteiger partial charge in [0.05, 0.1) is 6.61 Å². The Hall–Kier alpha value is 0.230. The lowest BCUT2D eigenvalue weighted by Crippen LogP contribution is -2.38. The minimum Gasteiger partial charge on any atom is -0.395 e. The Bertz CT molecular complexity index is 110. The van der Waals surface area contributed by atoms with Crippen molar-refractivity contribution < 1.29 is 9.84 Å². The van der Waals surface area contributed by atoms with Gasteiger partial charge in [-0.2, -0.15) is 11.8 Å². The van der Waals surface area contributed by atoms with Crippen molar-refractivity contribution in [2.75, 3.05) is 33.1 Å². The van der Waals surface area contributed by atoms with Gasteiger partial charge in [0.15, 0.2) is 0 Å². The maximum absolute atomic E-state index is 9.01. The summed E-state index contributed by atoms with van der Waals surface area (Å²) in [6.07, 6.45) is 3.04. The minimum atomic E-state index is 0.236. The van der Waals surface area contributed by atoms with E-state index in [1.54, 1.807) is 18.9 Å². The molecule has 4 heteroatoms. The lowest BCUT2D eigenvalue weighted by molar-refractivity contribution is 0.192. The predicted molar refractivity (Wildman–Crippen MR) is 58.3 cm³/mol. The Morgan fingerprint density at radius 1 is 1.54 bits per heavy atom. The fraction of sp³-hybridized carbons (Fsp3) is 1.00. The average Bonchev–Trinajstić information content (AvgIpc) is 2.14. The Kier molecular flexibility index (Phi) is 8.97. The Balaban J connectivity index is 3.42. The molecule has 0 radical (unpaired) electrons. The molecule has 0 aliphatic heterocycles. The van der Waals surface area contributed by atoms with Crippen LogP contribution in [0.2, 0.25) is 0 Å². The number of hydrogen-bond acceptors (Lipinski definition) is 4.